The van der Waals surface area contributed by atoms with Gasteiger partial charge in [-0.05, 0) is 45.7 Å². The summed E-state index contributed by atoms with van der Waals surface area (Å²) in [6.45, 7) is 4.89. The van der Waals surface area contributed by atoms with E-state index in [9.17, 15) is 9.90 Å². The van der Waals surface area contributed by atoms with Crippen LogP contribution in [0.3, 0.4) is 0 Å². The van der Waals surface area contributed by atoms with Gasteiger partial charge in [0.05, 0.1) is 5.60 Å². The molecule has 0 saturated carbocycles. The van der Waals surface area contributed by atoms with Crippen molar-refractivity contribution in [2.24, 2.45) is 0 Å². The van der Waals surface area contributed by atoms with E-state index in [0.29, 0.717) is 6.42 Å². The number of aliphatic hydroxyl groups is 1. The third kappa shape index (κ3) is 5.50. The van der Waals surface area contributed by atoms with E-state index in [1.807, 2.05) is 6.92 Å². The highest BCUT2D eigenvalue weighted by Gasteiger charge is 2.24. The van der Waals surface area contributed by atoms with Gasteiger partial charge in [0, 0.05) is 27.1 Å². The Morgan fingerprint density at radius 3 is 2.71 bits per heavy atom. The number of amides is 1. The Labute approximate surface area is 105 Å². The molecule has 0 aromatic rings. The summed E-state index contributed by atoms with van der Waals surface area (Å²) >= 11 is 0. The molecule has 1 aliphatic rings. The first kappa shape index (κ1) is 14.5. The lowest BCUT2D eigenvalue weighted by molar-refractivity contribution is -0.128. The van der Waals surface area contributed by atoms with E-state index in [1.165, 1.54) is 0 Å². The van der Waals surface area contributed by atoms with Crippen LogP contribution in [0.25, 0.3) is 0 Å². The maximum atomic E-state index is 11.4. The molecule has 1 amide bonds. The Kier molecular flexibility index (Phi) is 5.40. The summed E-state index contributed by atoms with van der Waals surface area (Å²) < 4.78 is 0. The SMILES string of the molecule is CN(C)C(=O)CCCN1CCCC(C)(O)CC1. The van der Waals surface area contributed by atoms with E-state index in [1.54, 1.807) is 19.0 Å². The summed E-state index contributed by atoms with van der Waals surface area (Å²) in [5, 5.41) is 9.97. The summed E-state index contributed by atoms with van der Waals surface area (Å²) in [4.78, 5) is 15.4. The van der Waals surface area contributed by atoms with Crippen molar-refractivity contribution < 1.29 is 9.90 Å². The van der Waals surface area contributed by atoms with Gasteiger partial charge >= 0.3 is 0 Å². The molecule has 1 rings (SSSR count). The molecule has 1 saturated heterocycles. The van der Waals surface area contributed by atoms with Crippen molar-refractivity contribution in [2.75, 3.05) is 33.7 Å². The largest absolute Gasteiger partial charge is 0.390 e. The zero-order valence-electron chi connectivity index (χ0n) is 11.4. The van der Waals surface area contributed by atoms with E-state index < -0.39 is 5.60 Å². The van der Waals surface area contributed by atoms with Crippen LogP contribution >= 0.6 is 0 Å². The van der Waals surface area contributed by atoms with Crippen molar-refractivity contribution in [1.29, 1.82) is 0 Å². The fourth-order valence-corrected chi connectivity index (χ4v) is 2.22. The molecule has 0 aromatic heterocycles. The summed E-state index contributed by atoms with van der Waals surface area (Å²) in [5.74, 6) is 0.201. The Balaban J connectivity index is 2.22. The monoisotopic (exact) mass is 242 g/mol. The Bertz CT molecular complexity index is 252. The van der Waals surface area contributed by atoms with E-state index in [-0.39, 0.29) is 5.91 Å². The molecule has 1 aliphatic heterocycles. The molecule has 1 fully saturated rings. The molecular weight excluding hydrogens is 216 g/mol. The molecule has 0 spiro atoms. The highest BCUT2D eigenvalue weighted by molar-refractivity contribution is 5.75. The molecule has 4 heteroatoms. The lowest BCUT2D eigenvalue weighted by Crippen LogP contribution is -2.30. The van der Waals surface area contributed by atoms with Crippen LogP contribution in [-0.2, 0) is 4.79 Å². The van der Waals surface area contributed by atoms with Crippen LogP contribution in [0.15, 0.2) is 0 Å². The number of hydrogen-bond acceptors (Lipinski definition) is 3. The number of hydrogen-bond donors (Lipinski definition) is 1. The zero-order valence-corrected chi connectivity index (χ0v) is 11.4. The lowest BCUT2D eigenvalue weighted by Gasteiger charge is -2.22. The van der Waals surface area contributed by atoms with E-state index >= 15 is 0 Å². The number of nitrogens with zero attached hydrogens (tertiary/aromatic N) is 2. The predicted octanol–water partition coefficient (Wildman–Crippen LogP) is 1.09. The van der Waals surface area contributed by atoms with Crippen molar-refractivity contribution in [1.82, 2.24) is 9.80 Å². The fraction of sp³-hybridized carbons (Fsp3) is 0.923. The topological polar surface area (TPSA) is 43.8 Å². The van der Waals surface area contributed by atoms with Gasteiger partial charge in [-0.25, -0.2) is 0 Å². The van der Waals surface area contributed by atoms with Gasteiger partial charge in [0.2, 0.25) is 5.91 Å². The van der Waals surface area contributed by atoms with Gasteiger partial charge in [0.25, 0.3) is 0 Å². The second-order valence-corrected chi connectivity index (χ2v) is 5.58. The fourth-order valence-electron chi connectivity index (χ4n) is 2.22. The summed E-state index contributed by atoms with van der Waals surface area (Å²) in [7, 11) is 3.59. The van der Waals surface area contributed by atoms with Crippen LogP contribution in [-0.4, -0.2) is 60.1 Å². The number of carbonyl (C=O) groups excluding carboxylic acids is 1. The molecular formula is C13H26N2O2. The van der Waals surface area contributed by atoms with Gasteiger partial charge in [0.1, 0.15) is 0 Å². The Hall–Kier alpha value is -0.610. The quantitative estimate of drug-likeness (QED) is 0.802. The summed E-state index contributed by atoms with van der Waals surface area (Å²) in [5.41, 5.74) is -0.492. The van der Waals surface area contributed by atoms with Crippen LogP contribution in [0.4, 0.5) is 0 Å². The second-order valence-electron chi connectivity index (χ2n) is 5.58. The van der Waals surface area contributed by atoms with Crippen LogP contribution in [0, 0.1) is 0 Å². The van der Waals surface area contributed by atoms with Crippen LogP contribution < -0.4 is 0 Å². The predicted molar refractivity (Wildman–Crippen MR) is 68.8 cm³/mol. The van der Waals surface area contributed by atoms with E-state index in [0.717, 1.165) is 45.3 Å². The minimum absolute atomic E-state index is 0.201. The van der Waals surface area contributed by atoms with Crippen molar-refractivity contribution >= 4 is 5.91 Å². The standard InChI is InChI=1S/C13H26N2O2/c1-13(17)7-5-10-15(11-8-13)9-4-6-12(16)14(2)3/h17H,4-11H2,1-3H3. The van der Waals surface area contributed by atoms with Gasteiger partial charge in [-0.1, -0.05) is 0 Å². The lowest BCUT2D eigenvalue weighted by atomic mass is 9.98. The number of carbonyl (C=O) groups is 1. The average Bonchev–Trinajstić information content (AvgIpc) is 2.40. The van der Waals surface area contributed by atoms with Gasteiger partial charge in [0.15, 0.2) is 0 Å². The van der Waals surface area contributed by atoms with Gasteiger partial charge < -0.3 is 14.9 Å². The van der Waals surface area contributed by atoms with Gasteiger partial charge in [-0.15, -0.1) is 0 Å². The second kappa shape index (κ2) is 6.36. The van der Waals surface area contributed by atoms with Crippen molar-refractivity contribution in [2.45, 2.75) is 44.6 Å². The molecule has 4 nitrogen and oxygen atoms in total. The van der Waals surface area contributed by atoms with E-state index in [2.05, 4.69) is 4.90 Å². The zero-order chi connectivity index (χ0) is 12.9. The highest BCUT2D eigenvalue weighted by Crippen LogP contribution is 2.21. The third-order valence-corrected chi connectivity index (χ3v) is 3.52. The molecule has 1 N–H and O–H groups in total. The summed E-state index contributed by atoms with van der Waals surface area (Å²) in [6.07, 6.45) is 4.32. The molecule has 0 aliphatic carbocycles. The van der Waals surface area contributed by atoms with Crippen molar-refractivity contribution in [3.05, 3.63) is 0 Å². The molecule has 1 unspecified atom stereocenters. The Morgan fingerprint density at radius 2 is 2.06 bits per heavy atom. The normalized spacial score (nSPS) is 26.6. The number of likely N-dealkylation sites (tertiary alicyclic amines) is 1. The number of rotatable bonds is 4. The smallest absolute Gasteiger partial charge is 0.222 e. The van der Waals surface area contributed by atoms with E-state index in [4.69, 9.17) is 0 Å². The van der Waals surface area contributed by atoms with Crippen LogP contribution in [0.1, 0.15) is 39.0 Å². The van der Waals surface area contributed by atoms with Crippen LogP contribution in [0.2, 0.25) is 0 Å². The maximum absolute atomic E-state index is 11.4. The molecule has 0 aromatic carbocycles. The first-order valence-corrected chi connectivity index (χ1v) is 6.56. The average molecular weight is 242 g/mol. The molecule has 100 valence electrons. The third-order valence-electron chi connectivity index (χ3n) is 3.52. The summed E-state index contributed by atoms with van der Waals surface area (Å²) in [6, 6.07) is 0. The molecule has 17 heavy (non-hydrogen) atoms. The molecule has 0 bridgehead atoms. The first-order valence-electron chi connectivity index (χ1n) is 6.56. The van der Waals surface area contributed by atoms with Gasteiger partial charge in [-0.3, -0.25) is 4.79 Å². The Morgan fingerprint density at radius 1 is 1.35 bits per heavy atom. The van der Waals surface area contributed by atoms with Crippen molar-refractivity contribution in [3.63, 3.8) is 0 Å². The minimum atomic E-state index is -0.492. The highest BCUT2D eigenvalue weighted by atomic mass is 16.3. The molecule has 1 heterocycles. The first-order chi connectivity index (χ1) is 7.91. The molecule has 1 atom stereocenters. The molecule has 0 radical (unpaired) electrons. The van der Waals surface area contributed by atoms with Crippen LogP contribution in [0.5, 0.6) is 0 Å². The maximum Gasteiger partial charge on any atom is 0.222 e. The van der Waals surface area contributed by atoms with Crippen molar-refractivity contribution in [3.8, 4) is 0 Å². The van der Waals surface area contributed by atoms with Gasteiger partial charge in [-0.2, -0.15) is 0 Å². The minimum Gasteiger partial charge on any atom is -0.390 e.